The molecule has 0 saturated carbocycles. The summed E-state index contributed by atoms with van der Waals surface area (Å²) in [5.74, 6) is -0.370. The van der Waals surface area contributed by atoms with Crippen molar-refractivity contribution in [2.75, 3.05) is 0 Å². The molecule has 20 heavy (non-hydrogen) atoms. The molecule has 3 aromatic rings. The summed E-state index contributed by atoms with van der Waals surface area (Å²) in [6, 6.07) is 15.0. The SMILES string of the molecule is NC(Cc1cccc(Cl)c1F)c1cc2ccccc2s1. The van der Waals surface area contributed by atoms with Gasteiger partial charge in [0.25, 0.3) is 0 Å². The Kier molecular flexibility index (Phi) is 3.74. The van der Waals surface area contributed by atoms with Gasteiger partial charge in [-0.1, -0.05) is 41.9 Å². The largest absolute Gasteiger partial charge is 0.323 e. The topological polar surface area (TPSA) is 26.0 Å². The van der Waals surface area contributed by atoms with Gasteiger partial charge >= 0.3 is 0 Å². The molecule has 3 rings (SSSR count). The van der Waals surface area contributed by atoms with E-state index in [2.05, 4.69) is 18.2 Å². The van der Waals surface area contributed by atoms with Crippen LogP contribution in [0.25, 0.3) is 10.1 Å². The Hall–Kier alpha value is -1.42. The fraction of sp³-hybridized carbons (Fsp3) is 0.125. The molecule has 1 aromatic heterocycles. The van der Waals surface area contributed by atoms with E-state index in [-0.39, 0.29) is 16.9 Å². The van der Waals surface area contributed by atoms with Crippen LogP contribution in [0.2, 0.25) is 5.02 Å². The maximum absolute atomic E-state index is 13.9. The van der Waals surface area contributed by atoms with Crippen molar-refractivity contribution in [3.05, 3.63) is 69.8 Å². The molecule has 1 unspecified atom stereocenters. The highest BCUT2D eigenvalue weighted by molar-refractivity contribution is 7.19. The van der Waals surface area contributed by atoms with Crippen molar-refractivity contribution in [2.45, 2.75) is 12.5 Å². The molecular formula is C16H13ClFNS. The van der Waals surface area contributed by atoms with Crippen LogP contribution in [0.3, 0.4) is 0 Å². The van der Waals surface area contributed by atoms with Crippen molar-refractivity contribution in [1.29, 1.82) is 0 Å². The predicted octanol–water partition coefficient (Wildman–Crippen LogP) is 4.94. The smallest absolute Gasteiger partial charge is 0.145 e. The van der Waals surface area contributed by atoms with E-state index in [4.69, 9.17) is 17.3 Å². The first-order valence-corrected chi connectivity index (χ1v) is 7.51. The fourth-order valence-corrected chi connectivity index (χ4v) is 3.49. The molecule has 0 saturated heterocycles. The van der Waals surface area contributed by atoms with E-state index in [1.165, 1.54) is 10.1 Å². The van der Waals surface area contributed by atoms with E-state index in [1.807, 2.05) is 12.1 Å². The Morgan fingerprint density at radius 1 is 1.15 bits per heavy atom. The number of hydrogen-bond donors (Lipinski definition) is 1. The molecule has 0 radical (unpaired) electrons. The highest BCUT2D eigenvalue weighted by Gasteiger charge is 2.14. The van der Waals surface area contributed by atoms with E-state index in [0.29, 0.717) is 12.0 Å². The molecule has 1 atom stereocenters. The van der Waals surface area contributed by atoms with Crippen LogP contribution in [0.15, 0.2) is 48.5 Å². The maximum Gasteiger partial charge on any atom is 0.145 e. The number of nitrogens with two attached hydrogens (primary N) is 1. The van der Waals surface area contributed by atoms with Crippen molar-refractivity contribution >= 4 is 33.0 Å². The van der Waals surface area contributed by atoms with Crippen molar-refractivity contribution in [1.82, 2.24) is 0 Å². The molecule has 2 N–H and O–H groups in total. The normalized spacial score (nSPS) is 12.8. The molecule has 4 heteroatoms. The van der Waals surface area contributed by atoms with Gasteiger partial charge in [-0.15, -0.1) is 11.3 Å². The van der Waals surface area contributed by atoms with Gasteiger partial charge in [-0.2, -0.15) is 0 Å². The van der Waals surface area contributed by atoms with Gasteiger partial charge in [0.05, 0.1) is 5.02 Å². The minimum absolute atomic E-state index is 0.144. The second-order valence-corrected chi connectivity index (χ2v) is 6.23. The fourth-order valence-electron chi connectivity index (χ4n) is 2.23. The summed E-state index contributed by atoms with van der Waals surface area (Å²) in [7, 11) is 0. The van der Waals surface area contributed by atoms with Crippen LogP contribution in [0, 0.1) is 5.82 Å². The van der Waals surface area contributed by atoms with Gasteiger partial charge < -0.3 is 5.73 Å². The third-order valence-electron chi connectivity index (χ3n) is 3.28. The van der Waals surface area contributed by atoms with E-state index < -0.39 is 0 Å². The van der Waals surface area contributed by atoms with Crippen LogP contribution in [-0.2, 0) is 6.42 Å². The van der Waals surface area contributed by atoms with E-state index in [1.54, 1.807) is 29.5 Å². The van der Waals surface area contributed by atoms with Gasteiger partial charge in [0, 0.05) is 15.6 Å². The van der Waals surface area contributed by atoms with Crippen LogP contribution in [-0.4, -0.2) is 0 Å². The summed E-state index contributed by atoms with van der Waals surface area (Å²) in [6.45, 7) is 0. The third kappa shape index (κ3) is 2.57. The third-order valence-corrected chi connectivity index (χ3v) is 4.82. The van der Waals surface area contributed by atoms with Crippen molar-refractivity contribution in [3.8, 4) is 0 Å². The lowest BCUT2D eigenvalue weighted by atomic mass is 10.0. The molecule has 1 nitrogen and oxygen atoms in total. The van der Waals surface area contributed by atoms with Crippen molar-refractivity contribution < 1.29 is 4.39 Å². The summed E-state index contributed by atoms with van der Waals surface area (Å²) in [5, 5.41) is 1.32. The Balaban J connectivity index is 1.89. The van der Waals surface area contributed by atoms with Crippen LogP contribution in [0.1, 0.15) is 16.5 Å². The monoisotopic (exact) mass is 305 g/mol. The van der Waals surface area contributed by atoms with E-state index in [0.717, 1.165) is 4.88 Å². The minimum Gasteiger partial charge on any atom is -0.323 e. The molecule has 102 valence electrons. The molecule has 0 amide bonds. The average molecular weight is 306 g/mol. The number of fused-ring (bicyclic) bond motifs is 1. The number of benzene rings is 2. The maximum atomic E-state index is 13.9. The first-order chi connectivity index (χ1) is 9.65. The standard InChI is InChI=1S/C16H13ClFNS/c17-12-6-3-5-11(16(12)18)8-13(19)15-9-10-4-1-2-7-14(10)20-15/h1-7,9,13H,8,19H2. The van der Waals surface area contributed by atoms with Gasteiger partial charge in [0.1, 0.15) is 5.82 Å². The molecule has 0 aliphatic rings. The van der Waals surface area contributed by atoms with Gasteiger partial charge in [-0.25, -0.2) is 4.39 Å². The number of hydrogen-bond acceptors (Lipinski definition) is 2. The van der Waals surface area contributed by atoms with E-state index in [9.17, 15) is 4.39 Å². The number of rotatable bonds is 3. The first kappa shape index (κ1) is 13.6. The molecule has 0 aliphatic heterocycles. The molecular weight excluding hydrogens is 293 g/mol. The minimum atomic E-state index is -0.370. The zero-order valence-corrected chi connectivity index (χ0v) is 12.2. The second kappa shape index (κ2) is 5.52. The molecule has 0 fully saturated rings. The second-order valence-electron chi connectivity index (χ2n) is 4.71. The van der Waals surface area contributed by atoms with Crippen molar-refractivity contribution in [3.63, 3.8) is 0 Å². The lowest BCUT2D eigenvalue weighted by Gasteiger charge is -2.10. The van der Waals surface area contributed by atoms with Crippen LogP contribution in [0.4, 0.5) is 4.39 Å². The zero-order valence-electron chi connectivity index (χ0n) is 10.6. The van der Waals surface area contributed by atoms with Crippen LogP contribution in [0.5, 0.6) is 0 Å². The summed E-state index contributed by atoms with van der Waals surface area (Å²) in [5.41, 5.74) is 6.77. The van der Waals surface area contributed by atoms with Gasteiger partial charge in [0.15, 0.2) is 0 Å². The molecule has 0 bridgehead atoms. The van der Waals surface area contributed by atoms with Gasteiger partial charge in [-0.05, 0) is 35.6 Å². The molecule has 0 spiro atoms. The summed E-state index contributed by atoms with van der Waals surface area (Å²) in [6.07, 6.45) is 0.444. The number of thiophene rings is 1. The Labute approximate surface area is 125 Å². The first-order valence-electron chi connectivity index (χ1n) is 6.32. The van der Waals surface area contributed by atoms with Gasteiger partial charge in [0.2, 0.25) is 0 Å². The van der Waals surface area contributed by atoms with E-state index >= 15 is 0 Å². The molecule has 0 aliphatic carbocycles. The summed E-state index contributed by atoms with van der Waals surface area (Å²) < 4.78 is 15.1. The molecule has 1 heterocycles. The summed E-state index contributed by atoms with van der Waals surface area (Å²) in [4.78, 5) is 1.06. The predicted molar refractivity (Wildman–Crippen MR) is 83.9 cm³/mol. The quantitative estimate of drug-likeness (QED) is 0.729. The lowest BCUT2D eigenvalue weighted by Crippen LogP contribution is -2.12. The van der Waals surface area contributed by atoms with Crippen molar-refractivity contribution in [2.24, 2.45) is 5.73 Å². The average Bonchev–Trinajstić information content (AvgIpc) is 2.88. The molecule has 2 aromatic carbocycles. The van der Waals surface area contributed by atoms with Gasteiger partial charge in [-0.3, -0.25) is 0 Å². The highest BCUT2D eigenvalue weighted by atomic mass is 35.5. The summed E-state index contributed by atoms with van der Waals surface area (Å²) >= 11 is 7.45. The lowest BCUT2D eigenvalue weighted by molar-refractivity contribution is 0.595. The Morgan fingerprint density at radius 3 is 2.75 bits per heavy atom. The van der Waals surface area contributed by atoms with Crippen LogP contribution < -0.4 is 5.73 Å². The highest BCUT2D eigenvalue weighted by Crippen LogP contribution is 2.31. The zero-order chi connectivity index (χ0) is 14.1. The Morgan fingerprint density at radius 2 is 1.95 bits per heavy atom. The number of halogens is 2. The van der Waals surface area contributed by atoms with Crippen LogP contribution >= 0.6 is 22.9 Å². The Bertz CT molecular complexity index is 720.